The molecule has 1 aromatic heterocycles. The van der Waals surface area contributed by atoms with Gasteiger partial charge in [0.2, 0.25) is 0 Å². The molecular formula is C11H17N3O2. The van der Waals surface area contributed by atoms with Gasteiger partial charge >= 0.3 is 5.97 Å². The molecule has 0 spiro atoms. The first-order chi connectivity index (χ1) is 7.63. The number of aliphatic carboxylic acids is 1. The molecule has 5 heteroatoms. The molecule has 0 bridgehead atoms. The molecule has 2 rings (SSSR count). The average Bonchev–Trinajstić information content (AvgIpc) is 2.70. The summed E-state index contributed by atoms with van der Waals surface area (Å²) in [6.07, 6.45) is 2.85. The summed E-state index contributed by atoms with van der Waals surface area (Å²) in [5.74, 6) is -1.09. The Kier molecular flexibility index (Phi) is 2.94. The molecule has 1 N–H and O–H groups in total. The van der Waals surface area contributed by atoms with Crippen molar-refractivity contribution < 1.29 is 9.90 Å². The minimum Gasteiger partial charge on any atom is -0.481 e. The van der Waals surface area contributed by atoms with Gasteiger partial charge in [0.25, 0.3) is 0 Å². The van der Waals surface area contributed by atoms with Crippen LogP contribution in [0.5, 0.6) is 0 Å². The summed E-state index contributed by atoms with van der Waals surface area (Å²) < 4.78 is 0. The number of aryl methyl sites for hydroxylation is 2. The van der Waals surface area contributed by atoms with Crippen LogP contribution in [-0.4, -0.2) is 26.1 Å². The highest BCUT2D eigenvalue weighted by Crippen LogP contribution is 2.34. The monoisotopic (exact) mass is 223 g/mol. The molecule has 0 aromatic carbocycles. The van der Waals surface area contributed by atoms with Gasteiger partial charge in [0.1, 0.15) is 0 Å². The molecule has 2 unspecified atom stereocenters. The van der Waals surface area contributed by atoms with Crippen LogP contribution in [-0.2, 0) is 17.8 Å². The zero-order valence-electron chi connectivity index (χ0n) is 9.68. The van der Waals surface area contributed by atoms with E-state index in [2.05, 4.69) is 10.2 Å². The molecule has 1 aromatic rings. The van der Waals surface area contributed by atoms with Crippen LogP contribution in [0.3, 0.4) is 0 Å². The van der Waals surface area contributed by atoms with E-state index in [1.165, 1.54) is 0 Å². The van der Waals surface area contributed by atoms with E-state index in [4.69, 9.17) is 5.11 Å². The van der Waals surface area contributed by atoms with Gasteiger partial charge in [-0.2, -0.15) is 15.0 Å². The first kappa shape index (κ1) is 11.1. The summed E-state index contributed by atoms with van der Waals surface area (Å²) in [5, 5.41) is 17.8. The Hall–Kier alpha value is -1.39. The van der Waals surface area contributed by atoms with Crippen molar-refractivity contribution >= 4 is 5.97 Å². The lowest BCUT2D eigenvalue weighted by atomic mass is 9.81. The van der Waals surface area contributed by atoms with Crippen LogP contribution in [0.15, 0.2) is 0 Å². The highest BCUT2D eigenvalue weighted by Gasteiger charge is 2.32. The van der Waals surface area contributed by atoms with Crippen molar-refractivity contribution in [3.8, 4) is 0 Å². The van der Waals surface area contributed by atoms with Gasteiger partial charge in [0.05, 0.1) is 23.9 Å². The van der Waals surface area contributed by atoms with Gasteiger partial charge in [-0.3, -0.25) is 4.79 Å². The zero-order chi connectivity index (χ0) is 11.7. The van der Waals surface area contributed by atoms with Crippen molar-refractivity contribution in [3.05, 3.63) is 11.4 Å². The second-order valence-corrected chi connectivity index (χ2v) is 4.35. The molecule has 0 aliphatic heterocycles. The lowest BCUT2D eigenvalue weighted by Crippen LogP contribution is -2.23. The Labute approximate surface area is 94.5 Å². The first-order valence-corrected chi connectivity index (χ1v) is 5.80. The Morgan fingerprint density at radius 2 is 2.38 bits per heavy atom. The Morgan fingerprint density at radius 3 is 3.00 bits per heavy atom. The molecule has 0 fully saturated rings. The zero-order valence-corrected chi connectivity index (χ0v) is 9.68. The number of carboxylic acid groups (broad SMARTS) is 1. The fourth-order valence-corrected chi connectivity index (χ4v) is 2.29. The molecule has 2 atom stereocenters. The van der Waals surface area contributed by atoms with Gasteiger partial charge in [0.15, 0.2) is 0 Å². The summed E-state index contributed by atoms with van der Waals surface area (Å²) in [4.78, 5) is 12.7. The number of rotatable bonds is 3. The van der Waals surface area contributed by atoms with E-state index in [9.17, 15) is 4.79 Å². The summed E-state index contributed by atoms with van der Waals surface area (Å²) in [6.45, 7) is 4.48. The van der Waals surface area contributed by atoms with Crippen molar-refractivity contribution in [1.82, 2.24) is 15.0 Å². The number of aromatic nitrogens is 3. The second kappa shape index (κ2) is 4.23. The van der Waals surface area contributed by atoms with Crippen LogP contribution in [0, 0.1) is 5.92 Å². The SMILES string of the molecule is CCn1nc2c(n1)C(C(C)C(=O)O)CCC2. The van der Waals surface area contributed by atoms with E-state index >= 15 is 0 Å². The van der Waals surface area contributed by atoms with Gasteiger partial charge < -0.3 is 5.11 Å². The Balaban J connectivity index is 2.32. The van der Waals surface area contributed by atoms with Crippen LogP contribution in [0.2, 0.25) is 0 Å². The molecule has 1 aliphatic carbocycles. The number of carboxylic acids is 1. The molecule has 16 heavy (non-hydrogen) atoms. The van der Waals surface area contributed by atoms with E-state index in [0.717, 1.165) is 37.2 Å². The van der Waals surface area contributed by atoms with Crippen molar-refractivity contribution in [1.29, 1.82) is 0 Å². The lowest BCUT2D eigenvalue weighted by Gasteiger charge is -2.23. The standard InChI is InChI=1S/C11H17N3O2/c1-3-14-12-9-6-4-5-8(10(9)13-14)7(2)11(15)16/h7-8H,3-6H2,1-2H3,(H,15,16). The molecule has 1 aliphatic rings. The van der Waals surface area contributed by atoms with Gasteiger partial charge in [-0.15, -0.1) is 0 Å². The van der Waals surface area contributed by atoms with E-state index in [0.29, 0.717) is 0 Å². The van der Waals surface area contributed by atoms with Crippen LogP contribution in [0.25, 0.3) is 0 Å². The van der Waals surface area contributed by atoms with Crippen molar-refractivity contribution in [3.63, 3.8) is 0 Å². The average molecular weight is 223 g/mol. The highest BCUT2D eigenvalue weighted by molar-refractivity contribution is 5.70. The summed E-state index contributed by atoms with van der Waals surface area (Å²) in [7, 11) is 0. The molecule has 88 valence electrons. The van der Waals surface area contributed by atoms with Crippen LogP contribution < -0.4 is 0 Å². The number of hydrogen-bond acceptors (Lipinski definition) is 3. The fourth-order valence-electron chi connectivity index (χ4n) is 2.29. The summed E-state index contributed by atoms with van der Waals surface area (Å²) in [5.41, 5.74) is 1.90. The third-order valence-corrected chi connectivity index (χ3v) is 3.31. The molecule has 1 heterocycles. The van der Waals surface area contributed by atoms with Gasteiger partial charge in [-0.1, -0.05) is 6.92 Å². The van der Waals surface area contributed by atoms with Crippen LogP contribution in [0.1, 0.15) is 44.0 Å². The van der Waals surface area contributed by atoms with Crippen molar-refractivity contribution in [2.45, 2.75) is 45.6 Å². The van der Waals surface area contributed by atoms with Crippen LogP contribution in [0.4, 0.5) is 0 Å². The quantitative estimate of drug-likeness (QED) is 0.841. The first-order valence-electron chi connectivity index (χ1n) is 5.80. The molecule has 5 nitrogen and oxygen atoms in total. The van der Waals surface area contributed by atoms with E-state index in [-0.39, 0.29) is 11.8 Å². The normalized spacial score (nSPS) is 21.5. The molecule has 0 saturated carbocycles. The topological polar surface area (TPSA) is 68.0 Å². The Morgan fingerprint density at radius 1 is 1.62 bits per heavy atom. The Bertz CT molecular complexity index is 400. The third kappa shape index (κ3) is 1.81. The predicted octanol–water partition coefficient (Wildman–Crippen LogP) is 1.44. The number of hydrogen-bond donors (Lipinski definition) is 1. The fraction of sp³-hybridized carbons (Fsp3) is 0.727. The van der Waals surface area contributed by atoms with Gasteiger partial charge in [-0.05, 0) is 26.2 Å². The van der Waals surface area contributed by atoms with Crippen molar-refractivity contribution in [2.24, 2.45) is 5.92 Å². The van der Waals surface area contributed by atoms with E-state index in [1.54, 1.807) is 11.7 Å². The number of fused-ring (bicyclic) bond motifs is 1. The van der Waals surface area contributed by atoms with Crippen LogP contribution >= 0.6 is 0 Å². The maximum absolute atomic E-state index is 11.0. The second-order valence-electron chi connectivity index (χ2n) is 4.35. The van der Waals surface area contributed by atoms with E-state index in [1.807, 2.05) is 6.92 Å². The van der Waals surface area contributed by atoms with Gasteiger partial charge in [-0.25, -0.2) is 0 Å². The summed E-state index contributed by atoms with van der Waals surface area (Å²) in [6, 6.07) is 0. The lowest BCUT2D eigenvalue weighted by molar-refractivity contribution is -0.142. The minimum absolute atomic E-state index is 0.0292. The molecule has 0 amide bonds. The van der Waals surface area contributed by atoms with E-state index < -0.39 is 5.97 Å². The largest absolute Gasteiger partial charge is 0.481 e. The highest BCUT2D eigenvalue weighted by atomic mass is 16.4. The maximum atomic E-state index is 11.0. The minimum atomic E-state index is -0.746. The number of nitrogens with zero attached hydrogens (tertiary/aromatic N) is 3. The maximum Gasteiger partial charge on any atom is 0.306 e. The molecule has 0 saturated heterocycles. The smallest absolute Gasteiger partial charge is 0.306 e. The molecular weight excluding hydrogens is 206 g/mol. The predicted molar refractivity (Wildman–Crippen MR) is 58.2 cm³/mol. The number of carbonyl (C=O) groups is 1. The third-order valence-electron chi connectivity index (χ3n) is 3.31. The molecule has 0 radical (unpaired) electrons. The summed E-state index contributed by atoms with van der Waals surface area (Å²) >= 11 is 0. The van der Waals surface area contributed by atoms with Crippen molar-refractivity contribution in [2.75, 3.05) is 0 Å². The van der Waals surface area contributed by atoms with Gasteiger partial charge in [0, 0.05) is 5.92 Å².